The van der Waals surface area contributed by atoms with E-state index in [1.54, 1.807) is 6.92 Å². The van der Waals surface area contributed by atoms with Crippen LogP contribution in [0, 0.1) is 6.92 Å². The van der Waals surface area contributed by atoms with E-state index in [0.717, 1.165) is 12.1 Å². The van der Waals surface area contributed by atoms with E-state index in [2.05, 4.69) is 15.9 Å². The summed E-state index contributed by atoms with van der Waals surface area (Å²) >= 11 is 3.04. The third-order valence-electron chi connectivity index (χ3n) is 2.21. The molecule has 0 bridgehead atoms. The number of hydrogen-bond acceptors (Lipinski definition) is 2. The Labute approximate surface area is 98.2 Å². The lowest BCUT2D eigenvalue weighted by Gasteiger charge is -2.25. The number of halogens is 4. The molecule has 16 heavy (non-hydrogen) atoms. The predicted octanol–water partition coefficient (Wildman–Crippen LogP) is 2.71. The average molecular weight is 297 g/mol. The summed E-state index contributed by atoms with van der Waals surface area (Å²) < 4.78 is 38.0. The molecule has 0 fully saturated rings. The molecule has 1 atom stereocenters. The van der Waals surface area contributed by atoms with Crippen molar-refractivity contribution in [1.29, 1.82) is 0 Å². The van der Waals surface area contributed by atoms with Crippen molar-refractivity contribution in [2.75, 3.05) is 0 Å². The second-order valence-electron chi connectivity index (χ2n) is 3.35. The number of carbonyl (C=O) groups excluding carboxylic acids is 1. The van der Waals surface area contributed by atoms with Gasteiger partial charge in [-0.05, 0) is 18.6 Å². The van der Waals surface area contributed by atoms with Gasteiger partial charge >= 0.3 is 6.18 Å². The summed E-state index contributed by atoms with van der Waals surface area (Å²) in [5.41, 5.74) is -3.25. The molecule has 0 aliphatic carbocycles. The van der Waals surface area contributed by atoms with Crippen molar-refractivity contribution in [3.05, 3.63) is 33.8 Å². The molecule has 1 aromatic rings. The predicted molar refractivity (Wildman–Crippen MR) is 54.9 cm³/mol. The van der Waals surface area contributed by atoms with Crippen molar-refractivity contribution in [2.45, 2.75) is 18.7 Å². The highest BCUT2D eigenvalue weighted by Gasteiger charge is 2.55. The van der Waals surface area contributed by atoms with Crippen molar-refractivity contribution in [3.8, 4) is 0 Å². The van der Waals surface area contributed by atoms with Crippen molar-refractivity contribution >= 4 is 22.2 Å². The summed E-state index contributed by atoms with van der Waals surface area (Å²) in [6, 6.07) is 3.54. The van der Waals surface area contributed by atoms with Crippen LogP contribution in [-0.2, 0) is 10.4 Å². The van der Waals surface area contributed by atoms with Gasteiger partial charge in [-0.15, -0.1) is 0 Å². The van der Waals surface area contributed by atoms with E-state index in [1.165, 1.54) is 6.07 Å². The minimum Gasteiger partial charge on any atom is -0.370 e. The van der Waals surface area contributed by atoms with Crippen LogP contribution in [0.4, 0.5) is 13.2 Å². The Kier molecular flexibility index (Phi) is 3.44. The van der Waals surface area contributed by atoms with Gasteiger partial charge in [0.2, 0.25) is 5.60 Å². The van der Waals surface area contributed by atoms with Gasteiger partial charge in [-0.3, -0.25) is 4.79 Å². The molecule has 6 heteroatoms. The minimum absolute atomic E-state index is 0.398. The van der Waals surface area contributed by atoms with Crippen molar-refractivity contribution in [1.82, 2.24) is 0 Å². The van der Waals surface area contributed by atoms with Gasteiger partial charge in [0.05, 0.1) is 0 Å². The molecule has 88 valence electrons. The van der Waals surface area contributed by atoms with Crippen LogP contribution >= 0.6 is 15.9 Å². The number of aliphatic hydroxyl groups is 1. The Morgan fingerprint density at radius 1 is 1.38 bits per heavy atom. The van der Waals surface area contributed by atoms with Gasteiger partial charge < -0.3 is 5.11 Å². The lowest BCUT2D eigenvalue weighted by atomic mass is 9.94. The summed E-state index contributed by atoms with van der Waals surface area (Å²) in [4.78, 5) is 10.5. The molecule has 0 saturated heterocycles. The Morgan fingerprint density at radius 3 is 2.31 bits per heavy atom. The van der Waals surface area contributed by atoms with Crippen LogP contribution in [0.1, 0.15) is 11.1 Å². The fourth-order valence-electron chi connectivity index (χ4n) is 1.13. The molecule has 0 radical (unpaired) electrons. The van der Waals surface area contributed by atoms with Gasteiger partial charge in [0.15, 0.2) is 6.29 Å². The Hall–Kier alpha value is -0.880. The number of aryl methyl sites for hydroxylation is 1. The smallest absolute Gasteiger partial charge is 0.370 e. The first-order valence-electron chi connectivity index (χ1n) is 4.24. The Bertz CT molecular complexity index is 417. The molecular weight excluding hydrogens is 289 g/mol. The molecule has 1 aromatic carbocycles. The summed E-state index contributed by atoms with van der Waals surface area (Å²) in [5.74, 6) is 0. The second kappa shape index (κ2) is 4.18. The van der Waals surface area contributed by atoms with Gasteiger partial charge in [-0.25, -0.2) is 0 Å². The third-order valence-corrected chi connectivity index (χ3v) is 3.07. The maximum Gasteiger partial charge on any atom is 0.428 e. The van der Waals surface area contributed by atoms with Gasteiger partial charge in [0.1, 0.15) is 0 Å². The molecule has 1 rings (SSSR count). The van der Waals surface area contributed by atoms with Crippen LogP contribution < -0.4 is 0 Å². The quantitative estimate of drug-likeness (QED) is 0.852. The summed E-state index contributed by atoms with van der Waals surface area (Å²) in [6.07, 6.45) is -5.55. The highest BCUT2D eigenvalue weighted by molar-refractivity contribution is 9.10. The molecular formula is C10H8BrF3O2. The fourth-order valence-corrected chi connectivity index (χ4v) is 1.51. The van der Waals surface area contributed by atoms with E-state index in [0.29, 0.717) is 10.0 Å². The van der Waals surface area contributed by atoms with E-state index in [-0.39, 0.29) is 0 Å². The van der Waals surface area contributed by atoms with Crippen LogP contribution in [0.5, 0.6) is 0 Å². The monoisotopic (exact) mass is 296 g/mol. The van der Waals surface area contributed by atoms with Gasteiger partial charge in [0, 0.05) is 10.0 Å². The van der Waals surface area contributed by atoms with Crippen molar-refractivity contribution in [2.24, 2.45) is 0 Å². The second-order valence-corrected chi connectivity index (χ2v) is 4.20. The van der Waals surface area contributed by atoms with Crippen LogP contribution in [0.2, 0.25) is 0 Å². The summed E-state index contributed by atoms with van der Waals surface area (Å²) in [5, 5.41) is 9.33. The highest BCUT2D eigenvalue weighted by atomic mass is 79.9. The van der Waals surface area contributed by atoms with Gasteiger partial charge in [-0.1, -0.05) is 28.1 Å². The van der Waals surface area contributed by atoms with E-state index in [4.69, 9.17) is 0 Å². The number of benzene rings is 1. The van der Waals surface area contributed by atoms with Crippen LogP contribution in [-0.4, -0.2) is 17.6 Å². The molecule has 0 aliphatic heterocycles. The van der Waals surface area contributed by atoms with Crippen LogP contribution in [0.15, 0.2) is 22.7 Å². The standard InChI is InChI=1S/C10H8BrF3O2/c1-6-2-3-7(4-8(6)11)9(16,5-15)10(12,13)14/h2-5,16H,1H3. The number of carbonyl (C=O) groups is 1. The first-order chi connectivity index (χ1) is 7.22. The summed E-state index contributed by atoms with van der Waals surface area (Å²) in [7, 11) is 0. The number of rotatable bonds is 2. The first-order valence-corrected chi connectivity index (χ1v) is 5.03. The molecule has 0 heterocycles. The molecule has 2 nitrogen and oxygen atoms in total. The van der Waals surface area contributed by atoms with E-state index in [9.17, 15) is 23.1 Å². The van der Waals surface area contributed by atoms with Gasteiger partial charge in [0.25, 0.3) is 0 Å². The number of hydrogen-bond donors (Lipinski definition) is 1. The SMILES string of the molecule is Cc1ccc(C(O)(C=O)C(F)(F)F)cc1Br. The van der Waals surface area contributed by atoms with Crippen molar-refractivity contribution < 1.29 is 23.1 Å². The van der Waals surface area contributed by atoms with Gasteiger partial charge in [-0.2, -0.15) is 13.2 Å². The number of alkyl halides is 3. The lowest BCUT2D eigenvalue weighted by molar-refractivity contribution is -0.249. The largest absolute Gasteiger partial charge is 0.428 e. The van der Waals surface area contributed by atoms with E-state index < -0.39 is 23.6 Å². The zero-order valence-corrected chi connectivity index (χ0v) is 9.76. The fraction of sp³-hybridized carbons (Fsp3) is 0.300. The average Bonchev–Trinajstić information content (AvgIpc) is 2.19. The normalized spacial score (nSPS) is 15.6. The zero-order chi connectivity index (χ0) is 12.6. The highest BCUT2D eigenvalue weighted by Crippen LogP contribution is 2.38. The maximum atomic E-state index is 12.5. The Balaban J connectivity index is 3.35. The topological polar surface area (TPSA) is 37.3 Å². The number of aldehydes is 1. The van der Waals surface area contributed by atoms with Crippen molar-refractivity contribution in [3.63, 3.8) is 0 Å². The lowest BCUT2D eigenvalue weighted by Crippen LogP contribution is -2.43. The van der Waals surface area contributed by atoms with Crippen LogP contribution in [0.25, 0.3) is 0 Å². The third kappa shape index (κ3) is 2.12. The first kappa shape index (κ1) is 13.2. The maximum absolute atomic E-state index is 12.5. The van der Waals surface area contributed by atoms with Crippen LogP contribution in [0.3, 0.4) is 0 Å². The molecule has 1 N–H and O–H groups in total. The zero-order valence-electron chi connectivity index (χ0n) is 8.18. The molecule has 0 spiro atoms. The Morgan fingerprint density at radius 2 is 1.94 bits per heavy atom. The minimum atomic E-state index is -5.04. The molecule has 0 aromatic heterocycles. The molecule has 0 aliphatic rings. The van der Waals surface area contributed by atoms with E-state index in [1.807, 2.05) is 0 Å². The summed E-state index contributed by atoms with van der Waals surface area (Å²) in [6.45, 7) is 1.68. The molecule has 0 saturated carbocycles. The molecule has 0 amide bonds. The van der Waals surface area contributed by atoms with E-state index >= 15 is 0 Å². The molecule has 1 unspecified atom stereocenters.